The van der Waals surface area contributed by atoms with Crippen molar-refractivity contribution in [1.29, 1.82) is 0 Å². The maximum Gasteiger partial charge on any atom is 0.0355 e. The molecule has 14 rings (SSSR count). The second kappa shape index (κ2) is 10.5. The molecule has 4 bridgehead atoms. The molecule has 0 amide bonds. The van der Waals surface area contributed by atoms with Gasteiger partial charge in [-0.3, -0.25) is 0 Å². The van der Waals surface area contributed by atoms with Gasteiger partial charge in [0, 0.05) is 25.6 Å². The van der Waals surface area contributed by atoms with E-state index in [-0.39, 0.29) is 5.41 Å². The first kappa shape index (κ1) is 29.2. The van der Waals surface area contributed by atoms with E-state index in [0.717, 1.165) is 23.7 Å². The van der Waals surface area contributed by atoms with Crippen LogP contribution in [0.15, 0.2) is 146 Å². The Morgan fingerprint density at radius 3 is 1.68 bits per heavy atom. The third kappa shape index (κ3) is 3.76. The summed E-state index contributed by atoms with van der Waals surface area (Å²) in [5, 5.41) is 10.8. The van der Waals surface area contributed by atoms with Crippen molar-refractivity contribution in [1.82, 2.24) is 0 Å². The van der Waals surface area contributed by atoms with E-state index in [1.54, 1.807) is 11.1 Å². The van der Waals surface area contributed by atoms with Gasteiger partial charge in [0.1, 0.15) is 0 Å². The lowest BCUT2D eigenvalue weighted by atomic mass is 9.43. The molecular weight excluding hydrogens is 657 g/mol. The lowest BCUT2D eigenvalue weighted by molar-refractivity contribution is -0.0398. The average molecular weight is 695 g/mol. The Morgan fingerprint density at radius 1 is 0.396 bits per heavy atom. The largest absolute Gasteiger partial charge is 0.135 e. The number of rotatable bonds is 2. The second-order valence-corrected chi connectivity index (χ2v) is 17.9. The standard InChI is InChI=1S/C52H38S/c1-2-11-33-29-46-44(27-32(33)10-1)51-42(17-9-18-45(51)52(46)35-23-30-22-31(25-35)26-36(52)24-30)50-40-15-5-3-13-38(40)49(39-14-4-6-16-41(39)50)34-20-21-48-43(28-34)37-12-7-8-19-47(37)53-48/h1-21,27-31,35-36H,22-26H2. The van der Waals surface area contributed by atoms with Crippen LogP contribution in [0.25, 0.3) is 85.9 Å². The van der Waals surface area contributed by atoms with Crippen LogP contribution in [-0.4, -0.2) is 0 Å². The van der Waals surface area contributed by atoms with E-state index < -0.39 is 0 Å². The summed E-state index contributed by atoms with van der Waals surface area (Å²) in [6.07, 6.45) is 7.06. The van der Waals surface area contributed by atoms with E-state index in [1.807, 2.05) is 11.3 Å². The molecule has 1 heteroatoms. The predicted octanol–water partition coefficient (Wildman–Crippen LogP) is 14.6. The van der Waals surface area contributed by atoms with Crippen molar-refractivity contribution in [3.05, 3.63) is 157 Å². The predicted molar refractivity (Wildman–Crippen MR) is 226 cm³/mol. The Hall–Kier alpha value is -5.24. The molecule has 9 aromatic rings. The minimum Gasteiger partial charge on any atom is -0.135 e. The summed E-state index contributed by atoms with van der Waals surface area (Å²) >= 11 is 1.90. The Bertz CT molecular complexity index is 2940. The van der Waals surface area contributed by atoms with Crippen LogP contribution in [0.5, 0.6) is 0 Å². The highest BCUT2D eigenvalue weighted by Crippen LogP contribution is 2.70. The molecule has 0 N–H and O–H groups in total. The van der Waals surface area contributed by atoms with Crippen LogP contribution in [0.2, 0.25) is 0 Å². The fourth-order valence-corrected chi connectivity index (χ4v) is 13.8. The minimum atomic E-state index is 0.113. The van der Waals surface area contributed by atoms with E-state index in [1.165, 1.54) is 118 Å². The maximum absolute atomic E-state index is 2.64. The fourth-order valence-electron chi connectivity index (χ4n) is 12.7. The van der Waals surface area contributed by atoms with Crippen LogP contribution in [0.1, 0.15) is 43.2 Å². The van der Waals surface area contributed by atoms with Crippen molar-refractivity contribution >= 4 is 63.8 Å². The highest BCUT2D eigenvalue weighted by Gasteiger charge is 2.61. The van der Waals surface area contributed by atoms with Gasteiger partial charge >= 0.3 is 0 Å². The van der Waals surface area contributed by atoms with Crippen LogP contribution in [0.4, 0.5) is 0 Å². The molecule has 0 saturated heterocycles. The zero-order valence-electron chi connectivity index (χ0n) is 29.6. The number of fused-ring (bicyclic) bond motifs is 9. The molecule has 0 atom stereocenters. The summed E-state index contributed by atoms with van der Waals surface area (Å²) < 4.78 is 2.71. The fraction of sp³-hybridized carbons (Fsp3) is 0.192. The van der Waals surface area contributed by atoms with Crippen molar-refractivity contribution in [3.8, 4) is 33.4 Å². The quantitative estimate of drug-likeness (QED) is 0.158. The van der Waals surface area contributed by atoms with Crippen molar-refractivity contribution < 1.29 is 0 Å². The van der Waals surface area contributed by atoms with Gasteiger partial charge in [0.25, 0.3) is 0 Å². The SMILES string of the molecule is c1cc(-c2c3ccccc3c(-c3ccc4sc5ccccc5c4c3)c3ccccc23)c2c(c1)C1(c3cc4ccccc4cc3-2)C2CC3CC(C2)CC1C3. The molecule has 1 aromatic heterocycles. The number of benzene rings is 8. The molecule has 0 radical (unpaired) electrons. The first-order valence-electron chi connectivity index (χ1n) is 19.8. The van der Waals surface area contributed by atoms with Gasteiger partial charge in [0.05, 0.1) is 0 Å². The van der Waals surface area contributed by atoms with Crippen LogP contribution in [-0.2, 0) is 5.41 Å². The normalized spacial score (nSPS) is 23.9. The number of hydrogen-bond acceptors (Lipinski definition) is 1. The Balaban J connectivity index is 1.13. The van der Waals surface area contributed by atoms with Gasteiger partial charge in [0.15, 0.2) is 0 Å². The van der Waals surface area contributed by atoms with Gasteiger partial charge in [-0.1, -0.05) is 115 Å². The van der Waals surface area contributed by atoms with Crippen LogP contribution in [0.3, 0.4) is 0 Å². The van der Waals surface area contributed by atoms with E-state index in [9.17, 15) is 0 Å². The van der Waals surface area contributed by atoms with Gasteiger partial charge in [-0.05, 0) is 163 Å². The first-order chi connectivity index (χ1) is 26.2. The lowest BCUT2D eigenvalue weighted by Gasteiger charge is -2.61. The Kier molecular flexibility index (Phi) is 5.77. The van der Waals surface area contributed by atoms with Crippen LogP contribution >= 0.6 is 11.3 Å². The van der Waals surface area contributed by atoms with Gasteiger partial charge in [0.2, 0.25) is 0 Å². The summed E-state index contributed by atoms with van der Waals surface area (Å²) in [7, 11) is 0. The van der Waals surface area contributed by atoms with E-state index in [2.05, 4.69) is 146 Å². The van der Waals surface area contributed by atoms with Crippen LogP contribution in [0, 0.1) is 23.7 Å². The highest BCUT2D eigenvalue weighted by atomic mass is 32.1. The monoisotopic (exact) mass is 694 g/mol. The van der Waals surface area contributed by atoms with E-state index in [0.29, 0.717) is 0 Å². The molecule has 4 fully saturated rings. The average Bonchev–Trinajstić information content (AvgIpc) is 3.71. The van der Waals surface area contributed by atoms with Gasteiger partial charge in [-0.25, -0.2) is 0 Å². The summed E-state index contributed by atoms with van der Waals surface area (Å²) in [4.78, 5) is 0. The van der Waals surface area contributed by atoms with Crippen LogP contribution < -0.4 is 0 Å². The molecule has 0 aliphatic heterocycles. The van der Waals surface area contributed by atoms with Gasteiger partial charge in [-0.15, -0.1) is 11.3 Å². The number of thiophene rings is 1. The third-order valence-corrected chi connectivity index (χ3v) is 15.6. The third-order valence-electron chi connectivity index (χ3n) is 14.4. The number of hydrogen-bond donors (Lipinski definition) is 0. The molecule has 0 nitrogen and oxygen atoms in total. The Morgan fingerprint density at radius 2 is 0.981 bits per heavy atom. The van der Waals surface area contributed by atoms with E-state index >= 15 is 0 Å². The minimum absolute atomic E-state index is 0.113. The Labute approximate surface area is 313 Å². The molecule has 1 spiro atoms. The summed E-state index contributed by atoms with van der Waals surface area (Å²) in [5.74, 6) is 3.31. The molecule has 8 aromatic carbocycles. The highest BCUT2D eigenvalue weighted by molar-refractivity contribution is 7.25. The molecular formula is C52H38S. The zero-order valence-corrected chi connectivity index (χ0v) is 30.4. The second-order valence-electron chi connectivity index (χ2n) is 16.8. The lowest BCUT2D eigenvalue weighted by Crippen LogP contribution is -2.55. The van der Waals surface area contributed by atoms with Crippen molar-refractivity contribution in [2.24, 2.45) is 23.7 Å². The summed E-state index contributed by atoms with van der Waals surface area (Å²) in [6, 6.07) is 56.3. The van der Waals surface area contributed by atoms with E-state index in [4.69, 9.17) is 0 Å². The molecule has 5 aliphatic rings. The van der Waals surface area contributed by atoms with Gasteiger partial charge in [-0.2, -0.15) is 0 Å². The summed E-state index contributed by atoms with van der Waals surface area (Å²) in [5.41, 5.74) is 11.8. The topological polar surface area (TPSA) is 0 Å². The van der Waals surface area contributed by atoms with Crippen molar-refractivity contribution in [2.75, 3.05) is 0 Å². The molecule has 0 unspecified atom stereocenters. The van der Waals surface area contributed by atoms with Crippen molar-refractivity contribution in [2.45, 2.75) is 37.5 Å². The van der Waals surface area contributed by atoms with Gasteiger partial charge < -0.3 is 0 Å². The van der Waals surface area contributed by atoms with Crippen molar-refractivity contribution in [3.63, 3.8) is 0 Å². The molecule has 53 heavy (non-hydrogen) atoms. The molecule has 4 saturated carbocycles. The molecule has 252 valence electrons. The molecule has 5 aliphatic carbocycles. The maximum atomic E-state index is 2.64. The zero-order chi connectivity index (χ0) is 34.4. The summed E-state index contributed by atoms with van der Waals surface area (Å²) in [6.45, 7) is 0. The first-order valence-corrected chi connectivity index (χ1v) is 20.6. The molecule has 1 heterocycles. The smallest absolute Gasteiger partial charge is 0.0355 e.